The van der Waals surface area contributed by atoms with Gasteiger partial charge >= 0.3 is 17.4 Å². The SMILES string of the molecule is COc1nc(=O)n(-c2ccccc2)c(=O)[nH]1. The van der Waals surface area contributed by atoms with Crippen LogP contribution in [-0.2, 0) is 0 Å². The third kappa shape index (κ3) is 1.72. The van der Waals surface area contributed by atoms with Crippen LogP contribution in [0.5, 0.6) is 6.01 Å². The number of rotatable bonds is 2. The maximum Gasteiger partial charge on any atom is 0.360 e. The molecule has 0 fully saturated rings. The average Bonchev–Trinajstić information content (AvgIpc) is 2.29. The van der Waals surface area contributed by atoms with E-state index in [0.717, 1.165) is 4.57 Å². The highest BCUT2D eigenvalue weighted by molar-refractivity contribution is 5.30. The van der Waals surface area contributed by atoms with Gasteiger partial charge in [-0.25, -0.2) is 14.2 Å². The summed E-state index contributed by atoms with van der Waals surface area (Å²) in [6, 6.07) is 8.44. The van der Waals surface area contributed by atoms with Crippen LogP contribution in [0.4, 0.5) is 0 Å². The first kappa shape index (κ1) is 10.2. The fraction of sp³-hybridized carbons (Fsp3) is 0.100. The van der Waals surface area contributed by atoms with Crippen LogP contribution in [0.1, 0.15) is 0 Å². The van der Waals surface area contributed by atoms with Crippen molar-refractivity contribution in [1.82, 2.24) is 14.5 Å². The van der Waals surface area contributed by atoms with E-state index in [2.05, 4.69) is 14.7 Å². The molecule has 0 saturated heterocycles. The minimum Gasteiger partial charge on any atom is -0.468 e. The smallest absolute Gasteiger partial charge is 0.360 e. The molecule has 0 aliphatic carbocycles. The fourth-order valence-electron chi connectivity index (χ4n) is 1.30. The van der Waals surface area contributed by atoms with Gasteiger partial charge < -0.3 is 4.74 Å². The number of benzene rings is 1. The number of H-pyrrole nitrogens is 1. The first-order chi connectivity index (χ1) is 7.72. The van der Waals surface area contributed by atoms with E-state index in [9.17, 15) is 9.59 Å². The first-order valence-corrected chi connectivity index (χ1v) is 4.55. The summed E-state index contributed by atoms with van der Waals surface area (Å²) in [6.45, 7) is 0. The van der Waals surface area contributed by atoms with Crippen LogP contribution < -0.4 is 16.1 Å². The van der Waals surface area contributed by atoms with Crippen LogP contribution in [0.2, 0.25) is 0 Å². The van der Waals surface area contributed by atoms with Crippen molar-refractivity contribution in [2.45, 2.75) is 0 Å². The van der Waals surface area contributed by atoms with Gasteiger partial charge in [0, 0.05) is 0 Å². The second kappa shape index (κ2) is 4.01. The largest absolute Gasteiger partial charge is 0.468 e. The Morgan fingerprint density at radius 2 is 1.94 bits per heavy atom. The van der Waals surface area contributed by atoms with E-state index < -0.39 is 11.4 Å². The third-order valence-corrected chi connectivity index (χ3v) is 2.01. The molecule has 1 aromatic carbocycles. The maximum atomic E-state index is 11.6. The zero-order valence-corrected chi connectivity index (χ0v) is 8.51. The van der Waals surface area contributed by atoms with Gasteiger partial charge in [0.25, 0.3) is 0 Å². The number of nitrogens with zero attached hydrogens (tertiary/aromatic N) is 2. The topological polar surface area (TPSA) is 77.0 Å². The quantitative estimate of drug-likeness (QED) is 0.767. The maximum absolute atomic E-state index is 11.6. The molecule has 0 spiro atoms. The molecular weight excluding hydrogens is 210 g/mol. The molecular formula is C10H9N3O3. The summed E-state index contributed by atoms with van der Waals surface area (Å²) in [5.74, 6) is 0. The zero-order chi connectivity index (χ0) is 11.5. The van der Waals surface area contributed by atoms with Gasteiger partial charge in [0.15, 0.2) is 0 Å². The Kier molecular flexibility index (Phi) is 2.55. The van der Waals surface area contributed by atoms with E-state index in [0.29, 0.717) is 5.69 Å². The minimum atomic E-state index is -0.674. The lowest BCUT2D eigenvalue weighted by atomic mass is 10.3. The van der Waals surface area contributed by atoms with Gasteiger partial charge in [-0.3, -0.25) is 4.98 Å². The number of hydrogen-bond acceptors (Lipinski definition) is 4. The monoisotopic (exact) mass is 219 g/mol. The van der Waals surface area contributed by atoms with Crippen molar-refractivity contribution in [1.29, 1.82) is 0 Å². The lowest BCUT2D eigenvalue weighted by molar-refractivity contribution is 0.372. The molecule has 0 radical (unpaired) electrons. The molecule has 0 atom stereocenters. The summed E-state index contributed by atoms with van der Waals surface area (Å²) >= 11 is 0. The van der Waals surface area contributed by atoms with Crippen molar-refractivity contribution in [3.63, 3.8) is 0 Å². The average molecular weight is 219 g/mol. The molecule has 0 unspecified atom stereocenters. The van der Waals surface area contributed by atoms with Crippen molar-refractivity contribution >= 4 is 0 Å². The van der Waals surface area contributed by atoms with E-state index in [1.54, 1.807) is 30.3 Å². The molecule has 0 aliphatic heterocycles. The summed E-state index contributed by atoms with van der Waals surface area (Å²) in [4.78, 5) is 29.1. The van der Waals surface area contributed by atoms with Crippen molar-refractivity contribution in [2.75, 3.05) is 7.11 Å². The van der Waals surface area contributed by atoms with Crippen LogP contribution in [0.25, 0.3) is 5.69 Å². The van der Waals surface area contributed by atoms with Crippen LogP contribution in [0, 0.1) is 0 Å². The van der Waals surface area contributed by atoms with Crippen LogP contribution >= 0.6 is 0 Å². The Bertz CT molecular complexity index is 569. The normalized spacial score (nSPS) is 10.1. The number of ether oxygens (including phenoxy) is 1. The minimum absolute atomic E-state index is 0.0952. The fourth-order valence-corrected chi connectivity index (χ4v) is 1.30. The van der Waals surface area contributed by atoms with E-state index in [-0.39, 0.29) is 6.01 Å². The summed E-state index contributed by atoms with van der Waals surface area (Å²) in [6.07, 6.45) is 0. The molecule has 1 aromatic heterocycles. The van der Waals surface area contributed by atoms with E-state index >= 15 is 0 Å². The van der Waals surface area contributed by atoms with E-state index in [1.165, 1.54) is 7.11 Å². The van der Waals surface area contributed by atoms with Crippen molar-refractivity contribution in [3.8, 4) is 11.7 Å². The lowest BCUT2D eigenvalue weighted by Crippen LogP contribution is -2.35. The molecule has 6 nitrogen and oxygen atoms in total. The third-order valence-electron chi connectivity index (χ3n) is 2.01. The Balaban J connectivity index is 2.68. The highest BCUT2D eigenvalue weighted by atomic mass is 16.5. The molecule has 6 heteroatoms. The number of nitrogens with one attached hydrogen (secondary N) is 1. The number of para-hydroxylation sites is 1. The predicted octanol–water partition coefficient (Wildman–Crippen LogP) is -0.0706. The van der Waals surface area contributed by atoms with E-state index in [4.69, 9.17) is 0 Å². The van der Waals surface area contributed by atoms with Gasteiger partial charge in [0.1, 0.15) is 0 Å². The Labute approximate surface area is 90.2 Å². The van der Waals surface area contributed by atoms with Gasteiger partial charge in [0.05, 0.1) is 12.8 Å². The lowest BCUT2D eigenvalue weighted by Gasteiger charge is -2.03. The van der Waals surface area contributed by atoms with Crippen LogP contribution in [0.15, 0.2) is 39.9 Å². The Morgan fingerprint density at radius 3 is 2.50 bits per heavy atom. The second-order valence-electron chi connectivity index (χ2n) is 3.00. The van der Waals surface area contributed by atoms with Crippen molar-refractivity contribution in [2.24, 2.45) is 0 Å². The molecule has 0 aliphatic rings. The van der Waals surface area contributed by atoms with Gasteiger partial charge in [-0.15, -0.1) is 4.98 Å². The highest BCUT2D eigenvalue weighted by Gasteiger charge is 2.07. The Morgan fingerprint density at radius 1 is 1.25 bits per heavy atom. The molecule has 82 valence electrons. The van der Waals surface area contributed by atoms with E-state index in [1.807, 2.05) is 0 Å². The molecule has 0 bridgehead atoms. The summed E-state index contributed by atoms with van der Waals surface area (Å²) < 4.78 is 5.62. The van der Waals surface area contributed by atoms with Gasteiger partial charge in [-0.1, -0.05) is 18.2 Å². The van der Waals surface area contributed by atoms with Gasteiger partial charge in [-0.05, 0) is 12.1 Å². The van der Waals surface area contributed by atoms with Crippen LogP contribution in [-0.4, -0.2) is 21.6 Å². The molecule has 2 aromatic rings. The zero-order valence-electron chi connectivity index (χ0n) is 8.51. The number of aromatic nitrogens is 3. The van der Waals surface area contributed by atoms with Gasteiger partial charge in [-0.2, -0.15) is 0 Å². The molecule has 1 N–H and O–H groups in total. The van der Waals surface area contributed by atoms with Crippen molar-refractivity contribution < 1.29 is 4.74 Å². The number of aromatic amines is 1. The second-order valence-corrected chi connectivity index (χ2v) is 3.00. The summed E-state index contributed by atoms with van der Waals surface area (Å²) in [5.41, 5.74) is -0.793. The molecule has 0 saturated carbocycles. The van der Waals surface area contributed by atoms with Gasteiger partial charge in [0.2, 0.25) is 0 Å². The van der Waals surface area contributed by atoms with Crippen LogP contribution in [0.3, 0.4) is 0 Å². The molecule has 0 amide bonds. The van der Waals surface area contributed by atoms with Crippen molar-refractivity contribution in [3.05, 3.63) is 51.3 Å². The number of hydrogen-bond donors (Lipinski definition) is 1. The predicted molar refractivity (Wildman–Crippen MR) is 57.0 cm³/mol. The Hall–Kier alpha value is -2.37. The molecule has 2 rings (SSSR count). The highest BCUT2D eigenvalue weighted by Crippen LogP contribution is 2.00. The molecule has 16 heavy (non-hydrogen) atoms. The first-order valence-electron chi connectivity index (χ1n) is 4.55. The molecule has 1 heterocycles. The summed E-state index contributed by atoms with van der Waals surface area (Å²) in [5, 5.41) is 0. The summed E-state index contributed by atoms with van der Waals surface area (Å²) in [7, 11) is 1.32. The number of methoxy groups -OCH3 is 1. The standard InChI is InChI=1S/C10H9N3O3/c1-16-8-11-9(14)13(10(15)12-8)7-5-3-2-4-6-7/h2-6H,1H3,(H,11,12,14,15).